The second-order valence-corrected chi connectivity index (χ2v) is 7.16. The van der Waals surface area contributed by atoms with Crippen molar-refractivity contribution in [2.75, 3.05) is 44.4 Å². The molecule has 0 radical (unpaired) electrons. The maximum atomic E-state index is 13.0. The fraction of sp³-hybridized carbons (Fsp3) is 0.529. The zero-order valence-corrected chi connectivity index (χ0v) is 14.4. The average Bonchev–Trinajstić information content (AvgIpc) is 2.83. The fourth-order valence-corrected chi connectivity index (χ4v) is 3.93. The zero-order valence-electron chi connectivity index (χ0n) is 13.6. The Morgan fingerprint density at radius 3 is 2.62 bits per heavy atom. The first-order valence-corrected chi connectivity index (χ1v) is 9.37. The summed E-state index contributed by atoms with van der Waals surface area (Å²) in [7, 11) is 0. The highest BCUT2D eigenvalue weighted by molar-refractivity contribution is 8.00. The molecule has 1 aromatic rings. The van der Waals surface area contributed by atoms with Crippen LogP contribution in [0.25, 0.3) is 0 Å². The molecule has 2 aliphatic heterocycles. The fourth-order valence-electron chi connectivity index (χ4n) is 3.03. The summed E-state index contributed by atoms with van der Waals surface area (Å²) in [6.45, 7) is 4.09. The van der Waals surface area contributed by atoms with Crippen molar-refractivity contribution in [3.05, 3.63) is 35.6 Å². The van der Waals surface area contributed by atoms with Gasteiger partial charge >= 0.3 is 0 Å². The van der Waals surface area contributed by atoms with Crippen LogP contribution in [0.2, 0.25) is 0 Å². The van der Waals surface area contributed by atoms with Gasteiger partial charge in [-0.25, -0.2) is 4.39 Å². The lowest BCUT2D eigenvalue weighted by atomic mass is 10.2. The van der Waals surface area contributed by atoms with Gasteiger partial charge in [0.25, 0.3) is 0 Å². The number of thioether (sulfide) groups is 1. The van der Waals surface area contributed by atoms with Gasteiger partial charge in [0, 0.05) is 32.7 Å². The summed E-state index contributed by atoms with van der Waals surface area (Å²) in [4.78, 5) is 29.8. The first-order valence-electron chi connectivity index (χ1n) is 8.22. The van der Waals surface area contributed by atoms with Crippen LogP contribution in [0.1, 0.15) is 12.0 Å². The third-order valence-electron chi connectivity index (χ3n) is 4.41. The number of carbonyl (C=O) groups excluding carboxylic acids is 2. The van der Waals surface area contributed by atoms with E-state index in [0.29, 0.717) is 18.2 Å². The summed E-state index contributed by atoms with van der Waals surface area (Å²) in [5, 5.41) is 0. The van der Waals surface area contributed by atoms with Gasteiger partial charge in [0.15, 0.2) is 0 Å². The minimum atomic E-state index is -0.221. The monoisotopic (exact) mass is 351 g/mol. The number of halogens is 1. The molecule has 2 saturated heterocycles. The quantitative estimate of drug-likeness (QED) is 0.822. The van der Waals surface area contributed by atoms with E-state index in [1.54, 1.807) is 28.8 Å². The Labute approximate surface area is 145 Å². The molecular weight excluding hydrogens is 329 g/mol. The lowest BCUT2D eigenvalue weighted by Crippen LogP contribution is -2.42. The van der Waals surface area contributed by atoms with Crippen LogP contribution in [0.15, 0.2) is 24.3 Å². The Kier molecular flexibility index (Phi) is 5.73. The van der Waals surface area contributed by atoms with E-state index in [2.05, 4.69) is 4.90 Å². The molecule has 5 nitrogen and oxygen atoms in total. The van der Waals surface area contributed by atoms with Crippen LogP contribution in [-0.2, 0) is 16.1 Å². The molecule has 2 amide bonds. The number of amides is 2. The molecule has 0 atom stereocenters. The topological polar surface area (TPSA) is 43.9 Å². The highest BCUT2D eigenvalue weighted by Gasteiger charge is 2.26. The van der Waals surface area contributed by atoms with Crippen LogP contribution in [-0.4, -0.2) is 70.9 Å². The van der Waals surface area contributed by atoms with E-state index >= 15 is 0 Å². The summed E-state index contributed by atoms with van der Waals surface area (Å²) in [6.07, 6.45) is 0.912. The standard InChI is InChI=1S/C17H22FN3O2S/c18-15-4-2-14(3-5-15)10-19-6-1-7-20(9-8-19)16(22)11-21-13-24-12-17(21)23/h2-5H,1,6-13H2. The normalized spacial score (nSPS) is 19.6. The van der Waals surface area contributed by atoms with E-state index in [-0.39, 0.29) is 24.2 Å². The second kappa shape index (κ2) is 7.98. The Morgan fingerprint density at radius 2 is 1.92 bits per heavy atom. The second-order valence-electron chi connectivity index (χ2n) is 6.21. The lowest BCUT2D eigenvalue weighted by Gasteiger charge is -2.24. The molecule has 0 spiro atoms. The maximum Gasteiger partial charge on any atom is 0.242 e. The number of carbonyl (C=O) groups is 2. The smallest absolute Gasteiger partial charge is 0.242 e. The molecule has 0 aromatic heterocycles. The van der Waals surface area contributed by atoms with Crippen LogP contribution < -0.4 is 0 Å². The molecule has 2 aliphatic rings. The van der Waals surface area contributed by atoms with E-state index in [4.69, 9.17) is 0 Å². The van der Waals surface area contributed by atoms with Crippen LogP contribution in [0.4, 0.5) is 4.39 Å². The van der Waals surface area contributed by atoms with Gasteiger partial charge < -0.3 is 9.80 Å². The Bertz CT molecular complexity index is 596. The van der Waals surface area contributed by atoms with Crippen molar-refractivity contribution in [1.29, 1.82) is 0 Å². The molecule has 1 aromatic carbocycles. The largest absolute Gasteiger partial charge is 0.340 e. The van der Waals surface area contributed by atoms with Crippen molar-refractivity contribution in [3.8, 4) is 0 Å². The summed E-state index contributed by atoms with van der Waals surface area (Å²) in [5.74, 6) is 0.977. The van der Waals surface area contributed by atoms with Gasteiger partial charge in [0.05, 0.1) is 11.6 Å². The molecule has 3 rings (SSSR count). The molecule has 130 valence electrons. The molecule has 24 heavy (non-hydrogen) atoms. The van der Waals surface area contributed by atoms with Crippen molar-refractivity contribution in [1.82, 2.24) is 14.7 Å². The summed E-state index contributed by atoms with van der Waals surface area (Å²) in [5.41, 5.74) is 1.08. The Balaban J connectivity index is 1.50. The van der Waals surface area contributed by atoms with Crippen LogP contribution in [0.5, 0.6) is 0 Å². The predicted octanol–water partition coefficient (Wildman–Crippen LogP) is 1.39. The lowest BCUT2D eigenvalue weighted by molar-refractivity contribution is -0.137. The minimum Gasteiger partial charge on any atom is -0.340 e. The number of rotatable bonds is 4. The molecule has 0 saturated carbocycles. The summed E-state index contributed by atoms with van der Waals surface area (Å²) >= 11 is 1.56. The van der Waals surface area contributed by atoms with E-state index in [1.165, 1.54) is 12.1 Å². The van der Waals surface area contributed by atoms with Gasteiger partial charge in [0.1, 0.15) is 12.4 Å². The average molecular weight is 351 g/mol. The van der Waals surface area contributed by atoms with Crippen LogP contribution in [0, 0.1) is 5.82 Å². The Hall–Kier alpha value is -1.60. The maximum absolute atomic E-state index is 13.0. The third-order valence-corrected chi connectivity index (χ3v) is 5.36. The molecule has 0 unspecified atom stereocenters. The minimum absolute atomic E-state index is 0.0366. The van der Waals surface area contributed by atoms with E-state index in [1.807, 2.05) is 4.90 Å². The molecule has 0 N–H and O–H groups in total. The van der Waals surface area contributed by atoms with E-state index < -0.39 is 0 Å². The first kappa shape index (κ1) is 17.2. The van der Waals surface area contributed by atoms with E-state index in [9.17, 15) is 14.0 Å². The highest BCUT2D eigenvalue weighted by Crippen LogP contribution is 2.15. The SMILES string of the molecule is O=C(CN1CSCC1=O)N1CCCN(Cc2ccc(F)cc2)CC1. The molecule has 0 aliphatic carbocycles. The van der Waals surface area contributed by atoms with Gasteiger partial charge in [-0.1, -0.05) is 12.1 Å². The number of nitrogens with zero attached hydrogens (tertiary/aromatic N) is 3. The van der Waals surface area contributed by atoms with Crippen molar-refractivity contribution >= 4 is 23.6 Å². The molecule has 7 heteroatoms. The van der Waals surface area contributed by atoms with Crippen molar-refractivity contribution in [2.45, 2.75) is 13.0 Å². The van der Waals surface area contributed by atoms with Crippen molar-refractivity contribution < 1.29 is 14.0 Å². The first-order chi connectivity index (χ1) is 11.6. The molecular formula is C17H22FN3O2S. The number of hydrogen-bond acceptors (Lipinski definition) is 4. The predicted molar refractivity (Wildman–Crippen MR) is 91.9 cm³/mol. The van der Waals surface area contributed by atoms with Gasteiger partial charge in [-0.2, -0.15) is 0 Å². The van der Waals surface area contributed by atoms with Crippen LogP contribution >= 0.6 is 11.8 Å². The number of benzene rings is 1. The summed E-state index contributed by atoms with van der Waals surface area (Å²) < 4.78 is 13.0. The molecule has 2 fully saturated rings. The summed E-state index contributed by atoms with van der Waals surface area (Å²) in [6, 6.07) is 6.57. The molecule has 2 heterocycles. The highest BCUT2D eigenvalue weighted by atomic mass is 32.2. The van der Waals surface area contributed by atoms with E-state index in [0.717, 1.165) is 38.2 Å². The number of hydrogen-bond donors (Lipinski definition) is 0. The van der Waals surface area contributed by atoms with Crippen molar-refractivity contribution in [2.24, 2.45) is 0 Å². The van der Waals surface area contributed by atoms with Gasteiger partial charge in [-0.3, -0.25) is 14.5 Å². The van der Waals surface area contributed by atoms with Gasteiger partial charge in [-0.15, -0.1) is 11.8 Å². The van der Waals surface area contributed by atoms with Gasteiger partial charge in [-0.05, 0) is 24.1 Å². The Morgan fingerprint density at radius 1 is 1.12 bits per heavy atom. The third kappa shape index (κ3) is 4.48. The van der Waals surface area contributed by atoms with Crippen LogP contribution in [0.3, 0.4) is 0 Å². The van der Waals surface area contributed by atoms with Crippen molar-refractivity contribution in [3.63, 3.8) is 0 Å². The zero-order chi connectivity index (χ0) is 16.9. The van der Waals surface area contributed by atoms with Gasteiger partial charge in [0.2, 0.25) is 11.8 Å². The molecule has 0 bridgehead atoms.